The number of nitrogens with one attached hydrogen (secondary N) is 2. The lowest BCUT2D eigenvalue weighted by Crippen LogP contribution is -2.26. The number of halogens is 3. The van der Waals surface area contributed by atoms with E-state index >= 15 is 0 Å². The summed E-state index contributed by atoms with van der Waals surface area (Å²) in [7, 11) is 0. The van der Waals surface area contributed by atoms with Crippen molar-refractivity contribution in [3.8, 4) is 0 Å². The Kier molecular flexibility index (Phi) is 3.50. The summed E-state index contributed by atoms with van der Waals surface area (Å²) in [5, 5.41) is 18.7. The zero-order valence-corrected chi connectivity index (χ0v) is 13.3. The number of nitrogens with zero attached hydrogens (tertiary/aromatic N) is 2. The van der Waals surface area contributed by atoms with E-state index in [-0.39, 0.29) is 23.7 Å². The molecule has 0 radical (unpaired) electrons. The fourth-order valence-electron chi connectivity index (χ4n) is 2.95. The molecule has 0 saturated heterocycles. The summed E-state index contributed by atoms with van der Waals surface area (Å²) in [5.74, 6) is 0.262. The molecule has 132 valence electrons. The van der Waals surface area contributed by atoms with Gasteiger partial charge in [-0.3, -0.25) is 5.41 Å². The topological polar surface area (TPSA) is 76.0 Å². The summed E-state index contributed by atoms with van der Waals surface area (Å²) in [5.41, 5.74) is 1.33. The molecule has 0 unspecified atom stereocenters. The number of anilines is 1. The van der Waals surface area contributed by atoms with E-state index in [2.05, 4.69) is 9.97 Å². The fourth-order valence-corrected chi connectivity index (χ4v) is 2.95. The van der Waals surface area contributed by atoms with Gasteiger partial charge in [-0.2, -0.15) is 13.2 Å². The third kappa shape index (κ3) is 2.59. The maximum Gasteiger partial charge on any atom is 0.416 e. The molecule has 0 bridgehead atoms. The molecule has 2 aromatic carbocycles. The van der Waals surface area contributed by atoms with Gasteiger partial charge in [0.15, 0.2) is 0 Å². The van der Waals surface area contributed by atoms with E-state index in [4.69, 9.17) is 5.41 Å². The quantitative estimate of drug-likeness (QED) is 0.637. The first-order chi connectivity index (χ1) is 12.3. The molecule has 8 heteroatoms. The lowest BCUT2D eigenvalue weighted by molar-refractivity contribution is -0.137. The maximum atomic E-state index is 12.7. The number of aliphatic hydroxyl groups is 1. The van der Waals surface area contributed by atoms with E-state index in [1.54, 1.807) is 6.07 Å². The molecule has 5 nitrogen and oxygen atoms in total. The average Bonchev–Trinajstić information content (AvgIpc) is 3.14. The number of amidine groups is 1. The van der Waals surface area contributed by atoms with Crippen molar-refractivity contribution in [3.63, 3.8) is 0 Å². The lowest BCUT2D eigenvalue weighted by Gasteiger charge is -2.19. The fraction of sp³-hybridized carbons (Fsp3) is 0.111. The summed E-state index contributed by atoms with van der Waals surface area (Å²) < 4.78 is 38.1. The van der Waals surface area contributed by atoms with Gasteiger partial charge in [-0.1, -0.05) is 12.1 Å². The van der Waals surface area contributed by atoms with Crippen LogP contribution in [-0.4, -0.2) is 27.5 Å². The Morgan fingerprint density at radius 2 is 1.77 bits per heavy atom. The molecular formula is C18H13F3N4O. The van der Waals surface area contributed by atoms with Crippen LogP contribution >= 0.6 is 0 Å². The minimum atomic E-state index is -4.42. The van der Waals surface area contributed by atoms with Gasteiger partial charge in [-0.05, 0) is 36.4 Å². The van der Waals surface area contributed by atoms with Crippen LogP contribution in [0.1, 0.15) is 11.4 Å². The molecule has 2 heterocycles. The zero-order chi connectivity index (χ0) is 18.5. The van der Waals surface area contributed by atoms with Crippen molar-refractivity contribution in [2.24, 2.45) is 0 Å². The first-order valence-corrected chi connectivity index (χ1v) is 7.75. The normalized spacial score (nSPS) is 15.3. The molecule has 0 fully saturated rings. The Hall–Kier alpha value is -3.29. The van der Waals surface area contributed by atoms with E-state index in [0.717, 1.165) is 17.6 Å². The number of aromatic nitrogens is 2. The Morgan fingerprint density at radius 3 is 2.42 bits per heavy atom. The Balaban J connectivity index is 1.66. The number of aromatic amines is 1. The summed E-state index contributed by atoms with van der Waals surface area (Å²) in [6, 6.07) is 11.8. The number of para-hydroxylation sites is 2. The standard InChI is InChI=1S/C18H13F3N4O/c19-18(20,21)10-5-7-11(8-6-10)25-9-14(26)15(16(25)22)17-23-12-3-1-2-4-13(12)24-17/h1-8,22,26H,9H2,(H,23,24). The van der Waals surface area contributed by atoms with Crippen LogP contribution in [0.5, 0.6) is 0 Å². The highest BCUT2D eigenvalue weighted by atomic mass is 19.4. The van der Waals surface area contributed by atoms with E-state index in [1.807, 2.05) is 18.2 Å². The van der Waals surface area contributed by atoms with E-state index < -0.39 is 11.7 Å². The summed E-state index contributed by atoms with van der Waals surface area (Å²) in [6.07, 6.45) is -4.42. The molecule has 3 aromatic rings. The number of fused-ring (bicyclic) bond motifs is 1. The smallest absolute Gasteiger partial charge is 0.416 e. The monoisotopic (exact) mass is 358 g/mol. The van der Waals surface area contributed by atoms with Gasteiger partial charge in [-0.15, -0.1) is 0 Å². The van der Waals surface area contributed by atoms with Crippen LogP contribution in [0.25, 0.3) is 16.6 Å². The van der Waals surface area contributed by atoms with Crippen molar-refractivity contribution in [1.29, 1.82) is 5.41 Å². The molecule has 26 heavy (non-hydrogen) atoms. The molecule has 1 aromatic heterocycles. The van der Waals surface area contributed by atoms with Crippen molar-refractivity contribution in [2.75, 3.05) is 11.4 Å². The average molecular weight is 358 g/mol. The molecule has 1 aliphatic heterocycles. The van der Waals surface area contributed by atoms with Gasteiger partial charge in [-0.25, -0.2) is 4.98 Å². The van der Waals surface area contributed by atoms with Crippen molar-refractivity contribution < 1.29 is 18.3 Å². The first kappa shape index (κ1) is 16.2. The second kappa shape index (κ2) is 5.62. The van der Waals surface area contributed by atoms with E-state index in [0.29, 0.717) is 17.0 Å². The number of aliphatic hydroxyl groups excluding tert-OH is 1. The highest BCUT2D eigenvalue weighted by Crippen LogP contribution is 2.34. The highest BCUT2D eigenvalue weighted by molar-refractivity contribution is 6.30. The predicted molar refractivity (Wildman–Crippen MR) is 92.2 cm³/mol. The van der Waals surface area contributed by atoms with Crippen molar-refractivity contribution in [2.45, 2.75) is 6.18 Å². The molecule has 4 rings (SSSR count). The van der Waals surface area contributed by atoms with Crippen molar-refractivity contribution >= 4 is 28.1 Å². The molecule has 0 aliphatic carbocycles. The number of imidazole rings is 1. The number of benzene rings is 2. The number of hydrogen-bond acceptors (Lipinski definition) is 3. The minimum absolute atomic E-state index is 0.00340. The zero-order valence-electron chi connectivity index (χ0n) is 13.3. The van der Waals surface area contributed by atoms with Gasteiger partial charge < -0.3 is 15.0 Å². The first-order valence-electron chi connectivity index (χ1n) is 7.75. The molecule has 0 atom stereocenters. The van der Waals surface area contributed by atoms with Crippen LogP contribution in [0, 0.1) is 5.41 Å². The summed E-state index contributed by atoms with van der Waals surface area (Å²) in [4.78, 5) is 8.86. The number of H-pyrrole nitrogens is 1. The summed E-state index contributed by atoms with van der Waals surface area (Å²) in [6.45, 7) is -0.00340. The van der Waals surface area contributed by atoms with E-state index in [9.17, 15) is 18.3 Å². The molecule has 1 aliphatic rings. The third-order valence-corrected chi connectivity index (χ3v) is 4.24. The summed E-state index contributed by atoms with van der Waals surface area (Å²) >= 11 is 0. The second-order valence-corrected chi connectivity index (χ2v) is 5.90. The van der Waals surface area contributed by atoms with Crippen molar-refractivity contribution in [3.05, 3.63) is 65.7 Å². The molecule has 0 saturated carbocycles. The third-order valence-electron chi connectivity index (χ3n) is 4.24. The number of rotatable bonds is 2. The predicted octanol–water partition coefficient (Wildman–Crippen LogP) is 4.35. The Labute approximate surface area is 145 Å². The van der Waals surface area contributed by atoms with E-state index in [1.165, 1.54) is 17.0 Å². The van der Waals surface area contributed by atoms with Crippen LogP contribution in [0.15, 0.2) is 54.3 Å². The van der Waals surface area contributed by atoms with Crippen molar-refractivity contribution in [1.82, 2.24) is 9.97 Å². The van der Waals surface area contributed by atoms with Gasteiger partial charge in [0.25, 0.3) is 0 Å². The number of alkyl halides is 3. The van der Waals surface area contributed by atoms with Crippen LogP contribution in [0.4, 0.5) is 18.9 Å². The molecule has 0 spiro atoms. The largest absolute Gasteiger partial charge is 0.509 e. The SMILES string of the molecule is N=C1C(c2nc3ccccc3[nH]2)=C(O)CN1c1ccc(C(F)(F)F)cc1. The lowest BCUT2D eigenvalue weighted by atomic mass is 10.2. The van der Waals surface area contributed by atoms with Gasteiger partial charge >= 0.3 is 6.18 Å². The maximum absolute atomic E-state index is 12.7. The van der Waals surface area contributed by atoms with Crippen LogP contribution in [-0.2, 0) is 6.18 Å². The van der Waals surface area contributed by atoms with Crippen LogP contribution in [0.3, 0.4) is 0 Å². The molecular weight excluding hydrogens is 345 g/mol. The van der Waals surface area contributed by atoms with Crippen LogP contribution < -0.4 is 4.90 Å². The van der Waals surface area contributed by atoms with Gasteiger partial charge in [0.1, 0.15) is 17.4 Å². The minimum Gasteiger partial charge on any atom is -0.509 e. The Morgan fingerprint density at radius 1 is 1.08 bits per heavy atom. The van der Waals surface area contributed by atoms with Gasteiger partial charge in [0.2, 0.25) is 0 Å². The Bertz CT molecular complexity index is 1000. The number of hydrogen-bond donors (Lipinski definition) is 3. The second-order valence-electron chi connectivity index (χ2n) is 5.90. The van der Waals surface area contributed by atoms with Gasteiger partial charge in [0, 0.05) is 5.69 Å². The molecule has 3 N–H and O–H groups in total. The van der Waals surface area contributed by atoms with Crippen LogP contribution in [0.2, 0.25) is 0 Å². The highest BCUT2D eigenvalue weighted by Gasteiger charge is 2.33. The molecule has 0 amide bonds. The van der Waals surface area contributed by atoms with Gasteiger partial charge in [0.05, 0.1) is 28.7 Å².